The standard InChI is InChI=1S/C64H121NO5/c1-3-5-7-9-11-13-15-17-18-27-30-33-36-40-44-48-52-56-62(67)61(60-66)65-63(68)57-53-49-45-41-37-34-31-28-25-23-21-19-20-22-24-26-29-32-35-39-43-47-51-55-59-70-64(69)58-54-50-46-42-38-16-14-12-10-8-6-4-2/h12,14,21,23,52,56,61-62,66-67H,3-11,13,15-20,22,24-51,53-55,57-60H2,1-2H3,(H,65,68)/b14-12-,23-21-,56-52+. The Hall–Kier alpha value is -1.92. The first-order valence-corrected chi connectivity index (χ1v) is 31.3. The number of rotatable bonds is 58. The van der Waals surface area contributed by atoms with E-state index in [9.17, 15) is 19.8 Å². The second kappa shape index (κ2) is 59.6. The Balaban J connectivity index is 3.44. The highest BCUT2D eigenvalue weighted by Crippen LogP contribution is 2.17. The molecule has 0 aromatic carbocycles. The summed E-state index contributed by atoms with van der Waals surface area (Å²) in [5.41, 5.74) is 0. The quantitative estimate of drug-likeness (QED) is 0.0321. The van der Waals surface area contributed by atoms with E-state index in [-0.39, 0.29) is 18.5 Å². The van der Waals surface area contributed by atoms with Crippen molar-refractivity contribution in [2.24, 2.45) is 0 Å². The molecule has 0 fully saturated rings. The van der Waals surface area contributed by atoms with Crippen LogP contribution in [0.1, 0.15) is 335 Å². The van der Waals surface area contributed by atoms with Crippen LogP contribution in [0.15, 0.2) is 36.5 Å². The van der Waals surface area contributed by atoms with Crippen LogP contribution in [0.2, 0.25) is 0 Å². The lowest BCUT2D eigenvalue weighted by Gasteiger charge is -2.20. The van der Waals surface area contributed by atoms with E-state index < -0.39 is 12.1 Å². The fourth-order valence-electron chi connectivity index (χ4n) is 9.57. The van der Waals surface area contributed by atoms with Gasteiger partial charge in [0, 0.05) is 12.8 Å². The first-order valence-electron chi connectivity index (χ1n) is 31.3. The number of unbranched alkanes of at least 4 members (excludes halogenated alkanes) is 43. The summed E-state index contributed by atoms with van der Waals surface area (Å²) in [6, 6.07) is -0.631. The van der Waals surface area contributed by atoms with Gasteiger partial charge in [-0.1, -0.05) is 275 Å². The number of ether oxygens (including phenoxy) is 1. The van der Waals surface area contributed by atoms with E-state index in [1.54, 1.807) is 6.08 Å². The van der Waals surface area contributed by atoms with E-state index in [4.69, 9.17) is 4.74 Å². The van der Waals surface area contributed by atoms with E-state index in [0.29, 0.717) is 19.4 Å². The van der Waals surface area contributed by atoms with Crippen LogP contribution in [0.3, 0.4) is 0 Å². The number of esters is 1. The predicted molar refractivity (Wildman–Crippen MR) is 306 cm³/mol. The molecule has 3 N–H and O–H groups in total. The average Bonchev–Trinajstić information content (AvgIpc) is 3.36. The highest BCUT2D eigenvalue weighted by Gasteiger charge is 2.18. The lowest BCUT2D eigenvalue weighted by molar-refractivity contribution is -0.143. The molecule has 2 atom stereocenters. The second-order valence-electron chi connectivity index (χ2n) is 21.4. The Kier molecular flexibility index (Phi) is 58.0. The largest absolute Gasteiger partial charge is 0.466 e. The first-order chi connectivity index (χ1) is 34.5. The van der Waals surface area contributed by atoms with Crippen molar-refractivity contribution in [3.63, 3.8) is 0 Å². The molecule has 2 unspecified atom stereocenters. The number of carbonyl (C=O) groups is 2. The molecule has 0 saturated heterocycles. The maximum atomic E-state index is 12.5. The molecular weight excluding hydrogens is 863 g/mol. The van der Waals surface area contributed by atoms with Gasteiger partial charge in [-0.3, -0.25) is 9.59 Å². The molecule has 0 bridgehead atoms. The molecule has 0 aliphatic heterocycles. The zero-order valence-corrected chi connectivity index (χ0v) is 47.0. The molecule has 6 nitrogen and oxygen atoms in total. The van der Waals surface area contributed by atoms with E-state index in [1.807, 2.05) is 6.08 Å². The monoisotopic (exact) mass is 984 g/mol. The molecule has 0 aliphatic carbocycles. The van der Waals surface area contributed by atoms with Gasteiger partial charge in [0.15, 0.2) is 0 Å². The van der Waals surface area contributed by atoms with Crippen LogP contribution < -0.4 is 5.32 Å². The minimum Gasteiger partial charge on any atom is -0.466 e. The number of nitrogens with one attached hydrogen (secondary N) is 1. The maximum Gasteiger partial charge on any atom is 0.305 e. The molecule has 0 spiro atoms. The zero-order valence-electron chi connectivity index (χ0n) is 47.0. The number of carbonyl (C=O) groups excluding carboxylic acids is 2. The lowest BCUT2D eigenvalue weighted by atomic mass is 10.0. The molecule has 0 aromatic heterocycles. The van der Waals surface area contributed by atoms with Crippen LogP contribution in [0.25, 0.3) is 0 Å². The fraction of sp³-hybridized carbons (Fsp3) is 0.875. The molecule has 412 valence electrons. The third-order valence-electron chi connectivity index (χ3n) is 14.4. The molecule has 6 heteroatoms. The lowest BCUT2D eigenvalue weighted by Crippen LogP contribution is -2.45. The molecule has 0 heterocycles. The summed E-state index contributed by atoms with van der Waals surface area (Å²) >= 11 is 0. The van der Waals surface area contributed by atoms with Crippen LogP contribution in [0.5, 0.6) is 0 Å². The normalized spacial score (nSPS) is 12.8. The number of amides is 1. The van der Waals surface area contributed by atoms with Crippen LogP contribution in [-0.4, -0.2) is 47.4 Å². The third kappa shape index (κ3) is 55.4. The van der Waals surface area contributed by atoms with Gasteiger partial charge in [-0.25, -0.2) is 0 Å². The third-order valence-corrected chi connectivity index (χ3v) is 14.4. The predicted octanol–water partition coefficient (Wildman–Crippen LogP) is 19.6. The van der Waals surface area contributed by atoms with Crippen molar-refractivity contribution in [2.75, 3.05) is 13.2 Å². The smallest absolute Gasteiger partial charge is 0.305 e. The van der Waals surface area contributed by atoms with Crippen LogP contribution in [0.4, 0.5) is 0 Å². The van der Waals surface area contributed by atoms with Gasteiger partial charge in [0.25, 0.3) is 0 Å². The summed E-state index contributed by atoms with van der Waals surface area (Å²) < 4.78 is 5.46. The van der Waals surface area contributed by atoms with Crippen molar-refractivity contribution in [3.8, 4) is 0 Å². The van der Waals surface area contributed by atoms with Crippen molar-refractivity contribution in [3.05, 3.63) is 36.5 Å². The summed E-state index contributed by atoms with van der Waals surface area (Å²) in [6.07, 6.45) is 74.7. The number of allylic oxidation sites excluding steroid dienone is 5. The van der Waals surface area contributed by atoms with Gasteiger partial charge in [0.05, 0.1) is 25.4 Å². The van der Waals surface area contributed by atoms with Crippen molar-refractivity contribution < 1.29 is 24.5 Å². The van der Waals surface area contributed by atoms with Gasteiger partial charge in [0.2, 0.25) is 5.91 Å². The van der Waals surface area contributed by atoms with E-state index in [0.717, 1.165) is 44.9 Å². The maximum absolute atomic E-state index is 12.5. The minimum atomic E-state index is -0.848. The molecular formula is C64H121NO5. The highest BCUT2D eigenvalue weighted by molar-refractivity contribution is 5.76. The van der Waals surface area contributed by atoms with Crippen LogP contribution in [0, 0.1) is 0 Å². The van der Waals surface area contributed by atoms with E-state index in [1.165, 1.54) is 263 Å². The topological polar surface area (TPSA) is 95.9 Å². The van der Waals surface area contributed by atoms with Gasteiger partial charge in [-0.2, -0.15) is 0 Å². The van der Waals surface area contributed by atoms with Gasteiger partial charge < -0.3 is 20.3 Å². The van der Waals surface area contributed by atoms with Crippen molar-refractivity contribution in [1.82, 2.24) is 5.32 Å². The summed E-state index contributed by atoms with van der Waals surface area (Å²) in [7, 11) is 0. The van der Waals surface area contributed by atoms with Gasteiger partial charge in [-0.05, 0) is 83.5 Å². The Bertz CT molecular complexity index is 1130. The van der Waals surface area contributed by atoms with Gasteiger partial charge in [-0.15, -0.1) is 0 Å². The Morgan fingerprint density at radius 1 is 0.386 bits per heavy atom. The average molecular weight is 985 g/mol. The van der Waals surface area contributed by atoms with Crippen molar-refractivity contribution >= 4 is 11.9 Å². The number of hydrogen-bond acceptors (Lipinski definition) is 5. The second-order valence-corrected chi connectivity index (χ2v) is 21.4. The van der Waals surface area contributed by atoms with Crippen molar-refractivity contribution in [2.45, 2.75) is 347 Å². The molecule has 1 amide bonds. The van der Waals surface area contributed by atoms with Crippen LogP contribution in [-0.2, 0) is 14.3 Å². The van der Waals surface area contributed by atoms with Crippen LogP contribution >= 0.6 is 0 Å². The number of aliphatic hydroxyl groups is 2. The SMILES string of the molecule is CCCCC/C=C\CCCCCCCC(=O)OCCCCCCCCCCCCCC/C=C\CCCCCCCCCCC(=O)NC(CO)C(O)/C=C/CCCCCCCCCCCCCCCCC. The summed E-state index contributed by atoms with van der Waals surface area (Å²) in [5.74, 6) is -0.0690. The number of aliphatic hydroxyl groups excluding tert-OH is 2. The highest BCUT2D eigenvalue weighted by atomic mass is 16.5. The number of hydrogen-bond donors (Lipinski definition) is 3. The molecule has 0 saturated carbocycles. The van der Waals surface area contributed by atoms with E-state index >= 15 is 0 Å². The summed E-state index contributed by atoms with van der Waals surface area (Å²) in [4.78, 5) is 24.5. The Labute approximate surface area is 436 Å². The summed E-state index contributed by atoms with van der Waals surface area (Å²) in [6.45, 7) is 4.89. The molecule has 0 aliphatic rings. The molecule has 70 heavy (non-hydrogen) atoms. The molecule has 0 aromatic rings. The zero-order chi connectivity index (χ0) is 50.7. The minimum absolute atomic E-state index is 0.00188. The molecule has 0 radical (unpaired) electrons. The van der Waals surface area contributed by atoms with Crippen molar-refractivity contribution in [1.29, 1.82) is 0 Å². The first kappa shape index (κ1) is 68.1. The molecule has 0 rings (SSSR count). The Morgan fingerprint density at radius 3 is 1.04 bits per heavy atom. The summed E-state index contributed by atoms with van der Waals surface area (Å²) in [5, 5.41) is 23.2. The Morgan fingerprint density at radius 2 is 0.671 bits per heavy atom. The van der Waals surface area contributed by atoms with Gasteiger partial charge in [0.1, 0.15) is 0 Å². The van der Waals surface area contributed by atoms with Gasteiger partial charge >= 0.3 is 5.97 Å². The fourth-order valence-corrected chi connectivity index (χ4v) is 9.57. The van der Waals surface area contributed by atoms with E-state index in [2.05, 4.69) is 43.5 Å².